The maximum Gasteiger partial charge on any atom is 0.345 e. The lowest BCUT2D eigenvalue weighted by Crippen LogP contribution is -2.25. The van der Waals surface area contributed by atoms with Crippen LogP contribution in [0.25, 0.3) is 0 Å². The average Bonchev–Trinajstić information content (AvgIpc) is 1.84. The van der Waals surface area contributed by atoms with Crippen molar-refractivity contribution in [3.8, 4) is 0 Å². The summed E-state index contributed by atoms with van der Waals surface area (Å²) in [5, 5.41) is 0. The first-order valence-corrected chi connectivity index (χ1v) is 4.01. The molecule has 0 saturated heterocycles. The van der Waals surface area contributed by atoms with Gasteiger partial charge in [0, 0.05) is 0 Å². The average molecular weight is 184 g/mol. The normalized spacial score (nSPS) is 17.0. The lowest BCUT2D eigenvalue weighted by atomic mass is 10.0. The van der Waals surface area contributed by atoms with Crippen molar-refractivity contribution in [3.05, 3.63) is 0 Å². The molecule has 4 heteroatoms. The Morgan fingerprint density at radius 1 is 1.08 bits per heavy atom. The van der Waals surface area contributed by atoms with E-state index in [0.717, 1.165) is 0 Å². The largest absolute Gasteiger partial charge is 0.345 e. The van der Waals surface area contributed by atoms with Crippen molar-refractivity contribution in [1.82, 2.24) is 0 Å². The van der Waals surface area contributed by atoms with Gasteiger partial charge >= 0.3 is 6.61 Å². The van der Waals surface area contributed by atoms with Crippen molar-refractivity contribution < 1.29 is 17.9 Å². The molecule has 0 aliphatic carbocycles. The van der Waals surface area contributed by atoms with E-state index in [9.17, 15) is 13.2 Å². The molecular weight excluding hydrogens is 169 g/mol. The number of rotatable bonds is 5. The summed E-state index contributed by atoms with van der Waals surface area (Å²) in [6.07, 6.45) is -2.07. The molecule has 0 fully saturated rings. The Kier molecular flexibility index (Phi) is 5.29. The van der Waals surface area contributed by atoms with Crippen molar-refractivity contribution >= 4 is 0 Å². The molecule has 0 aromatic carbocycles. The molecule has 0 heterocycles. The Morgan fingerprint density at radius 2 is 1.58 bits per heavy atom. The minimum absolute atomic E-state index is 0.156. The Labute approximate surface area is 70.9 Å². The topological polar surface area (TPSA) is 9.23 Å². The first-order valence-electron chi connectivity index (χ1n) is 4.01. The third kappa shape index (κ3) is 5.41. The van der Waals surface area contributed by atoms with Crippen LogP contribution in [0, 0.1) is 5.92 Å². The van der Waals surface area contributed by atoms with Gasteiger partial charge in [0.05, 0.1) is 6.10 Å². The highest BCUT2D eigenvalue weighted by atomic mass is 19.3. The van der Waals surface area contributed by atoms with Crippen LogP contribution >= 0.6 is 0 Å². The summed E-state index contributed by atoms with van der Waals surface area (Å²) < 4.78 is 40.1. The fourth-order valence-corrected chi connectivity index (χ4v) is 0.889. The first-order chi connectivity index (χ1) is 5.43. The van der Waals surface area contributed by atoms with Gasteiger partial charge in [-0.2, -0.15) is 8.78 Å². The fourth-order valence-electron chi connectivity index (χ4n) is 0.889. The fraction of sp³-hybridized carbons (Fsp3) is 1.00. The predicted molar refractivity (Wildman–Crippen MR) is 40.9 cm³/mol. The second kappa shape index (κ2) is 5.41. The summed E-state index contributed by atoms with van der Waals surface area (Å²) >= 11 is 0. The molecule has 12 heavy (non-hydrogen) atoms. The quantitative estimate of drug-likeness (QED) is 0.638. The summed E-state index contributed by atoms with van der Waals surface area (Å²) in [6, 6.07) is 0. The number of halogens is 3. The molecule has 0 bridgehead atoms. The van der Waals surface area contributed by atoms with Gasteiger partial charge in [0.2, 0.25) is 0 Å². The van der Waals surface area contributed by atoms with Gasteiger partial charge in [0.15, 0.2) is 0 Å². The monoisotopic (exact) mass is 184 g/mol. The molecule has 0 aliphatic heterocycles. The van der Waals surface area contributed by atoms with Crippen molar-refractivity contribution in [1.29, 1.82) is 0 Å². The summed E-state index contributed by atoms with van der Waals surface area (Å²) in [5.41, 5.74) is 0. The zero-order chi connectivity index (χ0) is 9.72. The third-order valence-electron chi connectivity index (χ3n) is 1.52. The van der Waals surface area contributed by atoms with Gasteiger partial charge < -0.3 is 4.74 Å². The maximum absolute atomic E-state index is 12.9. The third-order valence-corrected chi connectivity index (χ3v) is 1.52. The van der Waals surface area contributed by atoms with Crippen molar-refractivity contribution in [3.63, 3.8) is 0 Å². The van der Waals surface area contributed by atoms with E-state index in [1.54, 1.807) is 0 Å². The van der Waals surface area contributed by atoms with Gasteiger partial charge in [-0.15, -0.1) is 0 Å². The van der Waals surface area contributed by atoms with E-state index in [1.807, 2.05) is 13.8 Å². The molecule has 0 N–H and O–H groups in total. The van der Waals surface area contributed by atoms with Crippen molar-refractivity contribution in [2.75, 3.05) is 0 Å². The number of hydrogen-bond donors (Lipinski definition) is 0. The highest BCUT2D eigenvalue weighted by Gasteiger charge is 2.21. The van der Waals surface area contributed by atoms with E-state index in [2.05, 4.69) is 4.74 Å². The lowest BCUT2D eigenvalue weighted by Gasteiger charge is -2.18. The number of hydrogen-bond acceptors (Lipinski definition) is 1. The molecule has 0 aromatic heterocycles. The van der Waals surface area contributed by atoms with Crippen molar-refractivity contribution in [2.45, 2.75) is 46.1 Å². The van der Waals surface area contributed by atoms with Crippen LogP contribution in [-0.2, 0) is 4.74 Å². The van der Waals surface area contributed by atoms with E-state index in [4.69, 9.17) is 0 Å². The van der Waals surface area contributed by atoms with E-state index >= 15 is 0 Å². The van der Waals surface area contributed by atoms with Crippen LogP contribution in [-0.4, -0.2) is 18.9 Å². The number of alkyl halides is 3. The Bertz CT molecular complexity index is 103. The van der Waals surface area contributed by atoms with Gasteiger partial charge in [-0.05, 0) is 19.3 Å². The van der Waals surface area contributed by atoms with Crippen molar-refractivity contribution in [2.24, 2.45) is 5.92 Å². The first kappa shape index (κ1) is 11.8. The molecule has 0 amide bonds. The van der Waals surface area contributed by atoms with E-state index in [1.165, 1.54) is 6.92 Å². The molecule has 0 rings (SSSR count). The Balaban J connectivity index is 3.68. The van der Waals surface area contributed by atoms with E-state index < -0.39 is 18.9 Å². The maximum atomic E-state index is 12.9. The zero-order valence-electron chi connectivity index (χ0n) is 7.56. The highest BCUT2D eigenvalue weighted by Crippen LogP contribution is 2.15. The zero-order valence-corrected chi connectivity index (χ0v) is 7.56. The summed E-state index contributed by atoms with van der Waals surface area (Å²) in [5.74, 6) is 0.156. The minimum atomic E-state index is -2.88. The van der Waals surface area contributed by atoms with Crippen LogP contribution in [0.1, 0.15) is 27.2 Å². The number of ether oxygens (including phenoxy) is 1. The molecule has 0 aliphatic rings. The molecule has 1 nitrogen and oxygen atoms in total. The second-order valence-electron chi connectivity index (χ2n) is 3.25. The minimum Gasteiger partial charge on any atom is -0.317 e. The van der Waals surface area contributed by atoms with E-state index in [-0.39, 0.29) is 12.3 Å². The second-order valence-corrected chi connectivity index (χ2v) is 3.25. The summed E-state index contributed by atoms with van der Waals surface area (Å²) in [7, 11) is 0. The van der Waals surface area contributed by atoms with Gasteiger partial charge in [0.25, 0.3) is 0 Å². The molecule has 2 atom stereocenters. The van der Waals surface area contributed by atoms with Gasteiger partial charge in [-0.3, -0.25) is 0 Å². The summed E-state index contributed by atoms with van der Waals surface area (Å²) in [6.45, 7) is 2.10. The van der Waals surface area contributed by atoms with Crippen LogP contribution < -0.4 is 0 Å². The van der Waals surface area contributed by atoms with Gasteiger partial charge in [-0.25, -0.2) is 4.39 Å². The molecule has 0 aromatic rings. The van der Waals surface area contributed by atoms with Crippen LogP contribution in [0.2, 0.25) is 0 Å². The molecule has 74 valence electrons. The van der Waals surface area contributed by atoms with E-state index in [0.29, 0.717) is 0 Å². The smallest absolute Gasteiger partial charge is 0.317 e. The van der Waals surface area contributed by atoms with Gasteiger partial charge in [-0.1, -0.05) is 13.8 Å². The molecular formula is C8H15F3O. The van der Waals surface area contributed by atoms with Crippen LogP contribution in [0.3, 0.4) is 0 Å². The molecule has 0 radical (unpaired) electrons. The SMILES string of the molecule is CC(C)CC(F)C(C)OC(F)F. The van der Waals surface area contributed by atoms with Gasteiger partial charge in [0.1, 0.15) is 6.17 Å². The van der Waals surface area contributed by atoms with Crippen LogP contribution in [0.5, 0.6) is 0 Å². The standard InChI is InChI=1S/C8H15F3O/c1-5(2)4-7(9)6(3)12-8(10)11/h5-8H,4H2,1-3H3. The van der Waals surface area contributed by atoms with Crippen LogP contribution in [0.4, 0.5) is 13.2 Å². The molecule has 2 unspecified atom stereocenters. The highest BCUT2D eigenvalue weighted by molar-refractivity contribution is 4.66. The molecule has 0 spiro atoms. The Hall–Kier alpha value is -0.250. The lowest BCUT2D eigenvalue weighted by molar-refractivity contribution is -0.174. The van der Waals surface area contributed by atoms with Crippen LogP contribution in [0.15, 0.2) is 0 Å². The Morgan fingerprint density at radius 3 is 1.92 bits per heavy atom. The molecule has 0 saturated carbocycles. The predicted octanol–water partition coefficient (Wildman–Crippen LogP) is 3.00. The summed E-state index contributed by atoms with van der Waals surface area (Å²) in [4.78, 5) is 0.